The van der Waals surface area contributed by atoms with Crippen LogP contribution in [0.1, 0.15) is 20.3 Å². The van der Waals surface area contributed by atoms with Crippen molar-refractivity contribution in [2.75, 3.05) is 12.4 Å². The Labute approximate surface area is 138 Å². The summed E-state index contributed by atoms with van der Waals surface area (Å²) in [6.45, 7) is 3.10. The molecule has 0 bridgehead atoms. The number of hydrogen-bond donors (Lipinski definition) is 1. The van der Waals surface area contributed by atoms with Crippen LogP contribution < -0.4 is 10.1 Å². The lowest BCUT2D eigenvalue weighted by Crippen LogP contribution is -2.33. The first-order valence-electron chi connectivity index (χ1n) is 6.74. The zero-order valence-corrected chi connectivity index (χ0v) is 14.0. The van der Waals surface area contributed by atoms with E-state index in [1.807, 2.05) is 0 Å². The van der Waals surface area contributed by atoms with Gasteiger partial charge in [-0.25, -0.2) is 0 Å². The van der Waals surface area contributed by atoms with E-state index in [-0.39, 0.29) is 0 Å². The summed E-state index contributed by atoms with van der Waals surface area (Å²) in [6, 6.07) is 6.95. The van der Waals surface area contributed by atoms with Gasteiger partial charge in [-0.15, -0.1) is 23.2 Å². The number of ether oxygens (including phenoxy) is 2. The largest absolute Gasteiger partial charge is 0.495 e. The van der Waals surface area contributed by atoms with Gasteiger partial charge in [-0.2, -0.15) is 0 Å². The van der Waals surface area contributed by atoms with Crippen molar-refractivity contribution in [2.45, 2.75) is 30.7 Å². The summed E-state index contributed by atoms with van der Waals surface area (Å²) in [5, 5.41) is 2.65. The Hall–Kier alpha value is -1.46. The van der Waals surface area contributed by atoms with Gasteiger partial charge in [0.05, 0.1) is 12.8 Å². The number of nitrogens with one attached hydrogen (secondary N) is 1. The van der Waals surface area contributed by atoms with Gasteiger partial charge in [0.15, 0.2) is 6.10 Å². The second kappa shape index (κ2) is 5.97. The molecule has 5 nitrogen and oxygen atoms in total. The van der Waals surface area contributed by atoms with Gasteiger partial charge in [-0.3, -0.25) is 9.59 Å². The van der Waals surface area contributed by atoms with Crippen LogP contribution in [0.25, 0.3) is 0 Å². The number of hydrogen-bond acceptors (Lipinski definition) is 4. The molecule has 1 aromatic rings. The molecule has 0 heterocycles. The number of para-hydroxylation sites is 2. The highest BCUT2D eigenvalue weighted by Gasteiger charge is 2.69. The first-order valence-corrected chi connectivity index (χ1v) is 7.49. The molecule has 2 rings (SSSR count). The third-order valence-corrected chi connectivity index (χ3v) is 4.83. The molecule has 0 unspecified atom stereocenters. The molecule has 1 N–H and O–H groups in total. The summed E-state index contributed by atoms with van der Waals surface area (Å²) >= 11 is 11.8. The number of methoxy groups -OCH3 is 1. The van der Waals surface area contributed by atoms with Crippen molar-refractivity contribution >= 4 is 40.8 Å². The Morgan fingerprint density at radius 2 is 1.91 bits per heavy atom. The molecular weight excluding hydrogens is 329 g/mol. The van der Waals surface area contributed by atoms with Crippen LogP contribution in [0.5, 0.6) is 5.75 Å². The minimum absolute atomic E-state index is 0.308. The van der Waals surface area contributed by atoms with Crippen molar-refractivity contribution in [3.8, 4) is 5.75 Å². The van der Waals surface area contributed by atoms with E-state index in [1.165, 1.54) is 14.0 Å². The Bertz CT molecular complexity index is 605. The molecule has 0 radical (unpaired) electrons. The lowest BCUT2D eigenvalue weighted by molar-refractivity contribution is -0.158. The summed E-state index contributed by atoms with van der Waals surface area (Å²) < 4.78 is 9.18. The molecular formula is C15H17Cl2NO4. The van der Waals surface area contributed by atoms with Crippen molar-refractivity contribution in [2.24, 2.45) is 5.41 Å². The molecule has 1 aromatic carbocycles. The van der Waals surface area contributed by atoms with Crippen molar-refractivity contribution < 1.29 is 19.1 Å². The first kappa shape index (κ1) is 16.9. The monoisotopic (exact) mass is 345 g/mol. The molecule has 120 valence electrons. The number of benzene rings is 1. The maximum absolute atomic E-state index is 12.1. The number of esters is 1. The fourth-order valence-corrected chi connectivity index (χ4v) is 2.64. The zero-order valence-electron chi connectivity index (χ0n) is 12.5. The molecule has 2 atom stereocenters. The lowest BCUT2D eigenvalue weighted by atomic mass is 10.1. The number of anilines is 1. The minimum atomic E-state index is -1.12. The molecule has 1 aliphatic rings. The van der Waals surface area contributed by atoms with Gasteiger partial charge in [0.25, 0.3) is 5.91 Å². The molecule has 22 heavy (non-hydrogen) atoms. The third-order valence-electron chi connectivity index (χ3n) is 3.73. The number of halogens is 2. The molecule has 1 amide bonds. The standard InChI is InChI=1S/C15H17Cl2NO4/c1-9(22-13(20)14(2)8-15(14,16)17)12(19)18-10-6-4-5-7-11(10)21-3/h4-7,9H,8H2,1-3H3,(H,18,19)/t9-,14+/m0/s1. The van der Waals surface area contributed by atoms with E-state index in [4.69, 9.17) is 32.7 Å². The van der Waals surface area contributed by atoms with Crippen LogP contribution in [0.4, 0.5) is 5.69 Å². The van der Waals surface area contributed by atoms with Gasteiger partial charge in [0, 0.05) is 6.42 Å². The van der Waals surface area contributed by atoms with Crippen LogP contribution >= 0.6 is 23.2 Å². The topological polar surface area (TPSA) is 64.6 Å². The summed E-state index contributed by atoms with van der Waals surface area (Å²) in [5.74, 6) is -0.527. The minimum Gasteiger partial charge on any atom is -0.495 e. The molecule has 1 aliphatic carbocycles. The molecule has 7 heteroatoms. The summed E-state index contributed by atoms with van der Waals surface area (Å²) in [7, 11) is 1.50. The van der Waals surface area contributed by atoms with Gasteiger partial charge in [0.1, 0.15) is 15.5 Å². The molecule has 0 aliphatic heterocycles. The van der Waals surface area contributed by atoms with Crippen LogP contribution in [0.2, 0.25) is 0 Å². The van der Waals surface area contributed by atoms with Crippen LogP contribution in [0, 0.1) is 5.41 Å². The van der Waals surface area contributed by atoms with E-state index in [0.717, 1.165) is 0 Å². The van der Waals surface area contributed by atoms with Crippen molar-refractivity contribution in [3.63, 3.8) is 0 Å². The van der Waals surface area contributed by atoms with E-state index in [2.05, 4.69) is 5.32 Å². The number of carbonyl (C=O) groups is 2. The maximum atomic E-state index is 12.1. The van der Waals surface area contributed by atoms with Crippen LogP contribution in [-0.2, 0) is 14.3 Å². The normalized spacial score (nSPS) is 23.3. The van der Waals surface area contributed by atoms with E-state index in [9.17, 15) is 9.59 Å². The quantitative estimate of drug-likeness (QED) is 0.657. The predicted molar refractivity (Wildman–Crippen MR) is 84.3 cm³/mol. The molecule has 0 spiro atoms. The first-order chi connectivity index (χ1) is 10.2. The Kier molecular flexibility index (Phi) is 4.59. The molecule has 0 saturated heterocycles. The maximum Gasteiger partial charge on any atom is 0.315 e. The molecule has 0 aromatic heterocycles. The summed E-state index contributed by atoms with van der Waals surface area (Å²) in [5.41, 5.74) is -0.464. The Morgan fingerprint density at radius 3 is 2.45 bits per heavy atom. The predicted octanol–water partition coefficient (Wildman–Crippen LogP) is 3.15. The number of amides is 1. The van der Waals surface area contributed by atoms with Crippen molar-refractivity contribution in [3.05, 3.63) is 24.3 Å². The van der Waals surface area contributed by atoms with Crippen LogP contribution in [0.15, 0.2) is 24.3 Å². The Morgan fingerprint density at radius 1 is 1.32 bits per heavy atom. The van der Waals surface area contributed by atoms with Gasteiger partial charge < -0.3 is 14.8 Å². The van der Waals surface area contributed by atoms with Crippen LogP contribution in [0.3, 0.4) is 0 Å². The third kappa shape index (κ3) is 3.15. The second-order valence-electron chi connectivity index (χ2n) is 5.45. The van der Waals surface area contributed by atoms with E-state index in [1.54, 1.807) is 31.2 Å². The summed E-state index contributed by atoms with van der Waals surface area (Å²) in [6.07, 6.45) is -0.665. The Balaban J connectivity index is 1.97. The fraction of sp³-hybridized carbons (Fsp3) is 0.467. The van der Waals surface area contributed by atoms with Crippen LogP contribution in [-0.4, -0.2) is 29.4 Å². The van der Waals surface area contributed by atoms with Crippen molar-refractivity contribution in [1.29, 1.82) is 0 Å². The zero-order chi connectivity index (χ0) is 16.5. The number of rotatable bonds is 5. The van der Waals surface area contributed by atoms with Gasteiger partial charge in [0.2, 0.25) is 0 Å². The van der Waals surface area contributed by atoms with E-state index >= 15 is 0 Å². The molecule has 1 fully saturated rings. The second-order valence-corrected chi connectivity index (χ2v) is 6.93. The highest BCUT2D eigenvalue weighted by molar-refractivity contribution is 6.53. The number of alkyl halides is 2. The van der Waals surface area contributed by atoms with Gasteiger partial charge in [-0.1, -0.05) is 12.1 Å². The lowest BCUT2D eigenvalue weighted by Gasteiger charge is -2.18. The summed E-state index contributed by atoms with van der Waals surface area (Å²) in [4.78, 5) is 24.2. The highest BCUT2D eigenvalue weighted by Crippen LogP contribution is 2.64. The molecule has 1 saturated carbocycles. The van der Waals surface area contributed by atoms with E-state index < -0.39 is 27.7 Å². The smallest absolute Gasteiger partial charge is 0.315 e. The van der Waals surface area contributed by atoms with Gasteiger partial charge >= 0.3 is 5.97 Å². The average molecular weight is 346 g/mol. The SMILES string of the molecule is COc1ccccc1NC(=O)[C@H](C)OC(=O)[C@@]1(C)CC1(Cl)Cl. The number of carbonyl (C=O) groups excluding carboxylic acids is 2. The van der Waals surface area contributed by atoms with Gasteiger partial charge in [-0.05, 0) is 26.0 Å². The fourth-order valence-electron chi connectivity index (χ4n) is 1.95. The highest BCUT2D eigenvalue weighted by atomic mass is 35.5. The van der Waals surface area contributed by atoms with Crippen molar-refractivity contribution in [1.82, 2.24) is 0 Å². The average Bonchev–Trinajstić information content (AvgIpc) is 2.99. The van der Waals surface area contributed by atoms with E-state index in [0.29, 0.717) is 17.9 Å².